The normalized spacial score (nSPS) is 10.7. The number of nitrogens with one attached hydrogen (secondary N) is 2. The lowest BCUT2D eigenvalue weighted by Gasteiger charge is -2.11. The first-order chi connectivity index (χ1) is 9.89. The van der Waals surface area contributed by atoms with Crippen LogP contribution in [0.3, 0.4) is 0 Å². The summed E-state index contributed by atoms with van der Waals surface area (Å²) in [7, 11) is -3.77. The summed E-state index contributed by atoms with van der Waals surface area (Å²) in [6, 6.07) is 6.48. The second-order valence-corrected chi connectivity index (χ2v) is 6.51. The van der Waals surface area contributed by atoms with Crippen LogP contribution in [-0.2, 0) is 10.0 Å². The summed E-state index contributed by atoms with van der Waals surface area (Å²) in [5.74, 6) is -1.02. The average molecular weight is 330 g/mol. The molecule has 0 aromatic heterocycles. The Kier molecular flexibility index (Phi) is 6.46. The molecule has 6 nitrogen and oxygen atoms in total. The van der Waals surface area contributed by atoms with E-state index in [4.69, 9.17) is 16.9 Å². The van der Waals surface area contributed by atoms with Crippen LogP contribution in [0.2, 0.25) is 5.02 Å². The minimum absolute atomic E-state index is 0.120. The van der Waals surface area contributed by atoms with Crippen molar-refractivity contribution in [2.45, 2.75) is 19.8 Å². The van der Waals surface area contributed by atoms with Crippen molar-refractivity contribution >= 4 is 33.2 Å². The van der Waals surface area contributed by atoms with Crippen molar-refractivity contribution in [1.29, 1.82) is 5.26 Å². The number of amides is 1. The van der Waals surface area contributed by atoms with Gasteiger partial charge in [0, 0.05) is 23.7 Å². The van der Waals surface area contributed by atoms with Crippen LogP contribution < -0.4 is 10.0 Å². The smallest absolute Gasteiger partial charge is 0.266 e. The van der Waals surface area contributed by atoms with Gasteiger partial charge >= 0.3 is 0 Å². The Morgan fingerprint density at radius 3 is 2.76 bits per heavy atom. The highest BCUT2D eigenvalue weighted by Gasteiger charge is 2.18. The Bertz CT molecular complexity index is 653. The summed E-state index contributed by atoms with van der Waals surface area (Å²) >= 11 is 5.84. The van der Waals surface area contributed by atoms with Gasteiger partial charge in [-0.15, -0.1) is 0 Å². The number of nitriles is 1. The molecule has 0 radical (unpaired) electrons. The molecule has 0 heterocycles. The standard InChI is InChI=1S/C13H16ClN3O3S/c1-2-16-12-6-5-10(14)9-11(12)13(18)17-21(19,20)8-4-3-7-15/h5-6,9,16H,2-4,8H2,1H3,(H,17,18). The van der Waals surface area contributed by atoms with Crippen molar-refractivity contribution in [3.63, 3.8) is 0 Å². The van der Waals surface area contributed by atoms with E-state index >= 15 is 0 Å². The lowest BCUT2D eigenvalue weighted by Crippen LogP contribution is -2.33. The number of nitrogens with zero attached hydrogens (tertiary/aromatic N) is 1. The fraction of sp³-hybridized carbons (Fsp3) is 0.385. The molecule has 0 bridgehead atoms. The van der Waals surface area contributed by atoms with E-state index in [1.807, 2.05) is 17.7 Å². The molecule has 114 valence electrons. The van der Waals surface area contributed by atoms with Gasteiger partial charge in [-0.25, -0.2) is 13.1 Å². The number of hydrogen-bond donors (Lipinski definition) is 2. The van der Waals surface area contributed by atoms with Gasteiger partial charge in [-0.05, 0) is 31.5 Å². The number of anilines is 1. The summed E-state index contributed by atoms with van der Waals surface area (Å²) in [5, 5.41) is 11.7. The number of hydrogen-bond acceptors (Lipinski definition) is 5. The number of halogens is 1. The Balaban J connectivity index is 2.89. The van der Waals surface area contributed by atoms with Gasteiger partial charge in [0.2, 0.25) is 10.0 Å². The van der Waals surface area contributed by atoms with Crippen molar-refractivity contribution in [1.82, 2.24) is 4.72 Å². The molecule has 1 amide bonds. The Hall–Kier alpha value is -1.78. The topological polar surface area (TPSA) is 99.1 Å². The third-order valence-electron chi connectivity index (χ3n) is 2.54. The third-order valence-corrected chi connectivity index (χ3v) is 4.10. The number of benzene rings is 1. The van der Waals surface area contributed by atoms with E-state index in [0.29, 0.717) is 17.3 Å². The molecule has 2 N–H and O–H groups in total. The van der Waals surface area contributed by atoms with Crippen LogP contribution >= 0.6 is 11.6 Å². The van der Waals surface area contributed by atoms with E-state index in [1.165, 1.54) is 6.07 Å². The predicted octanol–water partition coefficient (Wildman–Crippen LogP) is 2.14. The van der Waals surface area contributed by atoms with Gasteiger partial charge < -0.3 is 5.32 Å². The molecule has 0 aliphatic heterocycles. The summed E-state index contributed by atoms with van der Waals surface area (Å²) in [4.78, 5) is 12.1. The zero-order valence-electron chi connectivity index (χ0n) is 11.5. The predicted molar refractivity (Wildman–Crippen MR) is 81.7 cm³/mol. The van der Waals surface area contributed by atoms with E-state index in [2.05, 4.69) is 5.32 Å². The molecule has 0 spiro atoms. The minimum atomic E-state index is -3.77. The van der Waals surface area contributed by atoms with E-state index in [0.717, 1.165) is 0 Å². The fourth-order valence-electron chi connectivity index (χ4n) is 1.64. The molecule has 0 unspecified atom stereocenters. The molecule has 0 saturated carbocycles. The number of unbranched alkanes of at least 4 members (excludes halogenated alkanes) is 1. The first-order valence-electron chi connectivity index (χ1n) is 6.35. The fourth-order valence-corrected chi connectivity index (χ4v) is 2.83. The van der Waals surface area contributed by atoms with Crippen molar-refractivity contribution in [2.75, 3.05) is 17.6 Å². The highest BCUT2D eigenvalue weighted by Crippen LogP contribution is 2.20. The second-order valence-electron chi connectivity index (χ2n) is 4.23. The van der Waals surface area contributed by atoms with Gasteiger partial charge in [-0.3, -0.25) is 4.79 Å². The van der Waals surface area contributed by atoms with Gasteiger partial charge in [0.15, 0.2) is 0 Å². The van der Waals surface area contributed by atoms with Gasteiger partial charge in [-0.1, -0.05) is 11.6 Å². The highest BCUT2D eigenvalue weighted by molar-refractivity contribution is 7.90. The molecule has 1 aromatic rings. The van der Waals surface area contributed by atoms with E-state index in [-0.39, 0.29) is 24.2 Å². The van der Waals surface area contributed by atoms with Crippen LogP contribution in [0.1, 0.15) is 30.1 Å². The maximum Gasteiger partial charge on any atom is 0.266 e. The first kappa shape index (κ1) is 17.3. The molecule has 8 heteroatoms. The molecule has 1 rings (SSSR count). The van der Waals surface area contributed by atoms with Crippen LogP contribution in [0.15, 0.2) is 18.2 Å². The zero-order valence-corrected chi connectivity index (χ0v) is 13.1. The van der Waals surface area contributed by atoms with E-state index in [1.54, 1.807) is 12.1 Å². The summed E-state index contributed by atoms with van der Waals surface area (Å²) in [6.45, 7) is 2.44. The Morgan fingerprint density at radius 2 is 2.14 bits per heavy atom. The maximum absolute atomic E-state index is 12.1. The first-order valence-corrected chi connectivity index (χ1v) is 8.38. The number of sulfonamides is 1. The van der Waals surface area contributed by atoms with Gasteiger partial charge in [-0.2, -0.15) is 5.26 Å². The highest BCUT2D eigenvalue weighted by atomic mass is 35.5. The summed E-state index contributed by atoms with van der Waals surface area (Å²) < 4.78 is 25.5. The molecule has 0 aliphatic rings. The van der Waals surface area contributed by atoms with Gasteiger partial charge in [0.05, 0.1) is 17.4 Å². The molecule has 0 atom stereocenters. The monoisotopic (exact) mass is 329 g/mol. The largest absolute Gasteiger partial charge is 0.385 e. The van der Waals surface area contributed by atoms with Gasteiger partial charge in [0.25, 0.3) is 5.91 Å². The number of carbonyl (C=O) groups excluding carboxylic acids is 1. The quantitative estimate of drug-likeness (QED) is 0.746. The lowest BCUT2D eigenvalue weighted by atomic mass is 10.1. The van der Waals surface area contributed by atoms with Crippen LogP contribution in [0.25, 0.3) is 0 Å². The summed E-state index contributed by atoms with van der Waals surface area (Å²) in [6.07, 6.45) is 0.295. The average Bonchev–Trinajstić information content (AvgIpc) is 2.40. The van der Waals surface area contributed by atoms with E-state index in [9.17, 15) is 13.2 Å². The molecule has 21 heavy (non-hydrogen) atoms. The van der Waals surface area contributed by atoms with Gasteiger partial charge in [0.1, 0.15) is 0 Å². The van der Waals surface area contributed by atoms with Crippen molar-refractivity contribution in [3.05, 3.63) is 28.8 Å². The summed E-state index contributed by atoms with van der Waals surface area (Å²) in [5.41, 5.74) is 0.667. The molecular weight excluding hydrogens is 314 g/mol. The number of carbonyl (C=O) groups is 1. The van der Waals surface area contributed by atoms with Crippen LogP contribution in [0, 0.1) is 11.3 Å². The molecule has 0 aliphatic carbocycles. The SMILES string of the molecule is CCNc1ccc(Cl)cc1C(=O)NS(=O)(=O)CCCC#N. The molecule has 0 fully saturated rings. The van der Waals surface area contributed by atoms with Crippen molar-refractivity contribution < 1.29 is 13.2 Å². The Morgan fingerprint density at radius 1 is 1.43 bits per heavy atom. The van der Waals surface area contributed by atoms with Crippen LogP contribution in [-0.4, -0.2) is 26.6 Å². The maximum atomic E-state index is 12.1. The van der Waals surface area contributed by atoms with Crippen LogP contribution in [0.5, 0.6) is 0 Å². The van der Waals surface area contributed by atoms with Crippen molar-refractivity contribution in [2.24, 2.45) is 0 Å². The Labute approximate surface area is 129 Å². The third kappa shape index (κ3) is 5.61. The van der Waals surface area contributed by atoms with Crippen molar-refractivity contribution in [3.8, 4) is 6.07 Å². The number of rotatable bonds is 7. The molecular formula is C13H16ClN3O3S. The molecule has 0 saturated heterocycles. The minimum Gasteiger partial charge on any atom is -0.385 e. The second kappa shape index (κ2) is 7.86. The van der Waals surface area contributed by atoms with E-state index < -0.39 is 15.9 Å². The lowest BCUT2D eigenvalue weighted by molar-refractivity contribution is 0.0982. The molecule has 1 aromatic carbocycles. The van der Waals surface area contributed by atoms with Crippen LogP contribution in [0.4, 0.5) is 5.69 Å². The zero-order chi connectivity index (χ0) is 15.9.